The zero-order valence-corrected chi connectivity index (χ0v) is 9.07. The van der Waals surface area contributed by atoms with E-state index in [-0.39, 0.29) is 11.7 Å². The van der Waals surface area contributed by atoms with Gasteiger partial charge in [-0.1, -0.05) is 13.0 Å². The van der Waals surface area contributed by atoms with Crippen LogP contribution in [-0.2, 0) is 4.79 Å². The van der Waals surface area contributed by atoms with Crippen LogP contribution < -0.4 is 4.74 Å². The predicted molar refractivity (Wildman–Crippen MR) is 56.8 cm³/mol. The molecule has 0 aliphatic heterocycles. The second-order valence-electron chi connectivity index (χ2n) is 3.40. The van der Waals surface area contributed by atoms with E-state index in [2.05, 4.69) is 0 Å². The van der Waals surface area contributed by atoms with E-state index in [1.165, 1.54) is 7.11 Å². The molecule has 1 atom stereocenters. The van der Waals surface area contributed by atoms with Crippen molar-refractivity contribution in [3.8, 4) is 11.8 Å². The summed E-state index contributed by atoms with van der Waals surface area (Å²) < 4.78 is 5.07. The third kappa shape index (κ3) is 2.35. The first-order valence-electron chi connectivity index (χ1n) is 4.68. The highest BCUT2D eigenvalue weighted by atomic mass is 16.5. The first-order chi connectivity index (χ1) is 7.10. The van der Waals surface area contributed by atoms with Gasteiger partial charge in [-0.2, -0.15) is 5.26 Å². The van der Waals surface area contributed by atoms with Crippen LogP contribution in [-0.4, -0.2) is 12.9 Å². The Labute approximate surface area is 89.3 Å². The van der Waals surface area contributed by atoms with Crippen LogP contribution >= 0.6 is 0 Å². The first-order valence-corrected chi connectivity index (χ1v) is 4.68. The summed E-state index contributed by atoms with van der Waals surface area (Å²) in [6.07, 6.45) is 0. The van der Waals surface area contributed by atoms with Gasteiger partial charge in [-0.25, -0.2) is 0 Å². The average Bonchev–Trinajstić information content (AvgIpc) is 2.26. The lowest BCUT2D eigenvalue weighted by atomic mass is 9.96. The second-order valence-corrected chi connectivity index (χ2v) is 3.40. The van der Waals surface area contributed by atoms with Crippen molar-refractivity contribution in [3.63, 3.8) is 0 Å². The van der Waals surface area contributed by atoms with Gasteiger partial charge in [0.05, 0.1) is 12.7 Å². The molecule has 78 valence electrons. The summed E-state index contributed by atoms with van der Waals surface area (Å²) in [5, 5.41) is 8.79. The topological polar surface area (TPSA) is 50.1 Å². The molecule has 3 nitrogen and oxygen atoms in total. The van der Waals surface area contributed by atoms with Gasteiger partial charge >= 0.3 is 0 Å². The van der Waals surface area contributed by atoms with Crippen molar-refractivity contribution in [1.29, 1.82) is 5.26 Å². The van der Waals surface area contributed by atoms with Crippen LogP contribution in [0.2, 0.25) is 0 Å². The van der Waals surface area contributed by atoms with E-state index in [4.69, 9.17) is 10.00 Å². The Bertz CT molecular complexity index is 418. The number of nitrogens with zero attached hydrogens (tertiary/aromatic N) is 1. The highest BCUT2D eigenvalue weighted by Gasteiger charge is 2.12. The summed E-state index contributed by atoms with van der Waals surface area (Å²) in [6, 6.07) is 7.23. The lowest BCUT2D eigenvalue weighted by molar-refractivity contribution is -0.118. The number of carbonyl (C=O) groups is 1. The Hall–Kier alpha value is -1.82. The van der Waals surface area contributed by atoms with Gasteiger partial charge in [-0.3, -0.25) is 4.79 Å². The van der Waals surface area contributed by atoms with Gasteiger partial charge < -0.3 is 4.74 Å². The molecule has 0 heterocycles. The molecule has 0 amide bonds. The maximum atomic E-state index is 11.2. The Balaban J connectivity index is 3.15. The van der Waals surface area contributed by atoms with Gasteiger partial charge in [0.15, 0.2) is 0 Å². The van der Waals surface area contributed by atoms with Crippen LogP contribution in [0.4, 0.5) is 0 Å². The van der Waals surface area contributed by atoms with Gasteiger partial charge in [0.25, 0.3) is 0 Å². The molecule has 15 heavy (non-hydrogen) atoms. The van der Waals surface area contributed by atoms with Gasteiger partial charge in [-0.15, -0.1) is 0 Å². The third-order valence-corrected chi connectivity index (χ3v) is 2.46. The molecule has 0 aromatic heterocycles. The molecule has 0 saturated carbocycles. The highest BCUT2D eigenvalue weighted by molar-refractivity contribution is 5.83. The van der Waals surface area contributed by atoms with Crippen molar-refractivity contribution in [3.05, 3.63) is 29.3 Å². The van der Waals surface area contributed by atoms with Gasteiger partial charge in [0.1, 0.15) is 17.6 Å². The largest absolute Gasteiger partial charge is 0.495 e. The minimum Gasteiger partial charge on any atom is -0.495 e. The van der Waals surface area contributed by atoms with E-state index in [0.29, 0.717) is 11.3 Å². The lowest BCUT2D eigenvalue weighted by Gasteiger charge is -2.10. The highest BCUT2D eigenvalue weighted by Crippen LogP contribution is 2.24. The molecule has 0 spiro atoms. The Morgan fingerprint density at radius 1 is 1.53 bits per heavy atom. The molecule has 0 N–H and O–H groups in total. The fourth-order valence-corrected chi connectivity index (χ4v) is 1.30. The van der Waals surface area contributed by atoms with E-state index < -0.39 is 0 Å². The molecule has 1 aromatic carbocycles. The van der Waals surface area contributed by atoms with E-state index in [9.17, 15) is 4.79 Å². The molecule has 1 rings (SSSR count). The van der Waals surface area contributed by atoms with Crippen LogP contribution in [0.3, 0.4) is 0 Å². The first kappa shape index (κ1) is 11.3. The molecule has 0 aliphatic carbocycles. The summed E-state index contributed by atoms with van der Waals surface area (Å²) >= 11 is 0. The number of hydrogen-bond acceptors (Lipinski definition) is 3. The van der Waals surface area contributed by atoms with Crippen LogP contribution in [0, 0.1) is 11.3 Å². The van der Waals surface area contributed by atoms with Crippen molar-refractivity contribution in [2.24, 2.45) is 0 Å². The number of methoxy groups -OCH3 is 1. The number of rotatable bonds is 3. The number of ether oxygens (including phenoxy) is 1. The molecular weight excluding hydrogens is 190 g/mol. The van der Waals surface area contributed by atoms with Crippen molar-refractivity contribution in [2.45, 2.75) is 19.8 Å². The van der Waals surface area contributed by atoms with Gasteiger partial charge in [0, 0.05) is 5.92 Å². The van der Waals surface area contributed by atoms with Gasteiger partial charge in [-0.05, 0) is 24.6 Å². The molecule has 0 bridgehead atoms. The Morgan fingerprint density at radius 2 is 2.20 bits per heavy atom. The lowest BCUT2D eigenvalue weighted by Crippen LogP contribution is -2.04. The molecule has 0 saturated heterocycles. The summed E-state index contributed by atoms with van der Waals surface area (Å²) in [6.45, 7) is 3.39. The van der Waals surface area contributed by atoms with E-state index in [0.717, 1.165) is 5.56 Å². The molecule has 0 fully saturated rings. The molecule has 0 aliphatic rings. The van der Waals surface area contributed by atoms with Crippen LogP contribution in [0.5, 0.6) is 5.75 Å². The van der Waals surface area contributed by atoms with Crippen LogP contribution in [0.15, 0.2) is 18.2 Å². The predicted octanol–water partition coefficient (Wildman–Crippen LogP) is 2.26. The van der Waals surface area contributed by atoms with Crippen molar-refractivity contribution >= 4 is 5.78 Å². The fraction of sp³-hybridized carbons (Fsp3) is 0.333. The van der Waals surface area contributed by atoms with Crippen molar-refractivity contribution in [2.75, 3.05) is 7.11 Å². The van der Waals surface area contributed by atoms with E-state index in [1.54, 1.807) is 25.1 Å². The normalized spacial score (nSPS) is 11.6. The summed E-state index contributed by atoms with van der Waals surface area (Å²) in [5.74, 6) is 0.455. The van der Waals surface area contributed by atoms with E-state index >= 15 is 0 Å². The average molecular weight is 203 g/mol. The summed E-state index contributed by atoms with van der Waals surface area (Å²) in [5.41, 5.74) is 1.36. The molecular formula is C12H13NO2. The number of carbonyl (C=O) groups excluding carboxylic acids is 1. The third-order valence-electron chi connectivity index (χ3n) is 2.46. The number of ketones is 1. The minimum atomic E-state index is -0.161. The quantitative estimate of drug-likeness (QED) is 0.757. The maximum Gasteiger partial charge on any atom is 0.136 e. The van der Waals surface area contributed by atoms with Crippen molar-refractivity contribution < 1.29 is 9.53 Å². The number of benzene rings is 1. The molecule has 1 aromatic rings. The van der Waals surface area contributed by atoms with E-state index in [1.807, 2.05) is 13.0 Å². The van der Waals surface area contributed by atoms with Gasteiger partial charge in [0.2, 0.25) is 0 Å². The van der Waals surface area contributed by atoms with Crippen molar-refractivity contribution in [1.82, 2.24) is 0 Å². The Morgan fingerprint density at radius 3 is 2.67 bits per heavy atom. The molecule has 1 unspecified atom stereocenters. The zero-order valence-electron chi connectivity index (χ0n) is 9.07. The standard InChI is InChI=1S/C12H13NO2/c1-8(9(2)14)10-4-5-11(7-13)12(6-10)15-3/h4-6,8H,1-3H3. The second kappa shape index (κ2) is 4.61. The maximum absolute atomic E-state index is 11.2. The smallest absolute Gasteiger partial charge is 0.136 e. The molecule has 3 heteroatoms. The number of nitriles is 1. The number of Topliss-reactive ketones (excluding diaryl/α,β-unsaturated/α-hetero) is 1. The fourth-order valence-electron chi connectivity index (χ4n) is 1.30. The SMILES string of the molecule is COc1cc(C(C)C(C)=O)ccc1C#N. The summed E-state index contributed by atoms with van der Waals surface area (Å²) in [7, 11) is 1.51. The van der Waals surface area contributed by atoms with Crippen LogP contribution in [0.1, 0.15) is 30.9 Å². The Kier molecular flexibility index (Phi) is 3.46. The minimum absolute atomic E-state index is 0.0989. The zero-order chi connectivity index (χ0) is 11.4. The number of hydrogen-bond donors (Lipinski definition) is 0. The van der Waals surface area contributed by atoms with Crippen LogP contribution in [0.25, 0.3) is 0 Å². The molecule has 0 radical (unpaired) electrons. The monoisotopic (exact) mass is 203 g/mol. The summed E-state index contributed by atoms with van der Waals surface area (Å²) in [4.78, 5) is 11.2.